The zero-order chi connectivity index (χ0) is 42.8. The third-order valence-electron chi connectivity index (χ3n) is 9.07. The Hall–Kier alpha value is -4.49. The van der Waals surface area contributed by atoms with Gasteiger partial charge in [-0.15, -0.1) is 9.55 Å². The minimum absolute atomic E-state index is 0.00922. The van der Waals surface area contributed by atoms with Crippen molar-refractivity contribution in [1.82, 2.24) is 18.8 Å². The maximum Gasteiger partial charge on any atom is 0.457 e. The molecule has 1 aliphatic rings. The normalized spacial score (nSPS) is 19.2. The van der Waals surface area contributed by atoms with Crippen LogP contribution >= 0.6 is 15.5 Å². The molecule has 0 bridgehead atoms. The molecule has 22 heteroatoms. The molecular weight excluding hydrogens is 839 g/mol. The number of benzene rings is 4. The predicted octanol–water partition coefficient (Wildman–Crippen LogP) is 8.23. The molecule has 6 rings (SSSR count). The highest BCUT2D eigenvalue weighted by Crippen LogP contribution is 2.48. The maximum absolute atomic E-state index is 14.2. The van der Waals surface area contributed by atoms with Gasteiger partial charge in [-0.05, 0) is 59.5 Å². The van der Waals surface area contributed by atoms with E-state index in [4.69, 9.17) is 18.5 Å². The highest BCUT2D eigenvalue weighted by molar-refractivity contribution is 7.52. The molecule has 2 N–H and O–H groups in total. The SMILES string of the molecule is C[C@@H](O[C@H]1OCCN(Cc2nn(P(=O)(O)OCc3ccccc3)c(=O)n2P(=O)(O)OCc2ccccc2)[C@H]1c1ccc(F)cc1)c1cc(C(F)(F)F)cc(C(F)(F)F)c1. The summed E-state index contributed by atoms with van der Waals surface area (Å²) in [5.74, 6) is -1.29. The summed E-state index contributed by atoms with van der Waals surface area (Å²) in [5.41, 5.74) is -4.16. The van der Waals surface area contributed by atoms with Crippen molar-refractivity contribution in [1.29, 1.82) is 0 Å². The van der Waals surface area contributed by atoms with Gasteiger partial charge in [0, 0.05) is 6.54 Å². The zero-order valence-corrected chi connectivity index (χ0v) is 32.5. The van der Waals surface area contributed by atoms with Crippen molar-refractivity contribution in [2.45, 2.75) is 57.5 Å². The molecule has 5 aromatic rings. The van der Waals surface area contributed by atoms with Gasteiger partial charge in [0.25, 0.3) is 0 Å². The van der Waals surface area contributed by atoms with Crippen LogP contribution in [0, 0.1) is 5.82 Å². The van der Waals surface area contributed by atoms with Gasteiger partial charge in [0.2, 0.25) is 0 Å². The first kappa shape index (κ1) is 44.1. The third kappa shape index (κ3) is 10.6. The van der Waals surface area contributed by atoms with Crippen molar-refractivity contribution in [2.24, 2.45) is 0 Å². The Bertz CT molecular complexity index is 2350. The lowest BCUT2D eigenvalue weighted by atomic mass is 10.0. The first-order valence-electron chi connectivity index (χ1n) is 17.5. The van der Waals surface area contributed by atoms with Crippen LogP contribution in [0.4, 0.5) is 30.7 Å². The van der Waals surface area contributed by atoms with E-state index >= 15 is 0 Å². The molecule has 0 saturated carbocycles. The van der Waals surface area contributed by atoms with Crippen LogP contribution in [-0.2, 0) is 59.8 Å². The smallest absolute Gasteiger partial charge is 0.349 e. The summed E-state index contributed by atoms with van der Waals surface area (Å²) in [4.78, 5) is 37.5. The van der Waals surface area contributed by atoms with E-state index in [9.17, 15) is 54.4 Å². The van der Waals surface area contributed by atoms with Gasteiger partial charge in [-0.3, -0.25) is 13.9 Å². The van der Waals surface area contributed by atoms with Gasteiger partial charge in [0.05, 0.1) is 49.6 Å². The van der Waals surface area contributed by atoms with Crippen molar-refractivity contribution in [2.75, 3.05) is 13.2 Å². The molecule has 2 heterocycles. The summed E-state index contributed by atoms with van der Waals surface area (Å²) in [5, 5.41) is 3.97. The lowest BCUT2D eigenvalue weighted by molar-refractivity contribution is -0.231. The topological polar surface area (TPSA) is 155 Å². The van der Waals surface area contributed by atoms with Gasteiger partial charge in [0.15, 0.2) is 12.1 Å². The molecule has 2 unspecified atom stereocenters. The van der Waals surface area contributed by atoms with Crippen molar-refractivity contribution < 1.29 is 68.2 Å². The molecule has 1 aliphatic heterocycles. The van der Waals surface area contributed by atoms with E-state index in [-0.39, 0.29) is 33.6 Å². The summed E-state index contributed by atoms with van der Waals surface area (Å²) >= 11 is 0. The second kappa shape index (κ2) is 17.6. The molecule has 0 radical (unpaired) electrons. The van der Waals surface area contributed by atoms with Crippen molar-refractivity contribution >= 4 is 15.5 Å². The Balaban J connectivity index is 1.38. The number of nitrogens with zero attached hydrogens (tertiary/aromatic N) is 4. The van der Waals surface area contributed by atoms with Crippen LogP contribution in [0.1, 0.15) is 58.3 Å². The second-order valence-electron chi connectivity index (χ2n) is 13.2. The van der Waals surface area contributed by atoms with Gasteiger partial charge in [-0.2, -0.15) is 30.7 Å². The first-order valence-corrected chi connectivity index (χ1v) is 20.6. The molecule has 4 aromatic carbocycles. The number of rotatable bonds is 14. The number of hydrogen-bond donors (Lipinski definition) is 2. The fourth-order valence-electron chi connectivity index (χ4n) is 6.17. The highest BCUT2D eigenvalue weighted by Gasteiger charge is 2.42. The van der Waals surface area contributed by atoms with E-state index < -0.39 is 100 Å². The molecule has 0 aliphatic carbocycles. The molecule has 5 atom stereocenters. The monoisotopic (exact) mass is 874 g/mol. The second-order valence-corrected chi connectivity index (χ2v) is 16.5. The molecule has 0 amide bonds. The van der Waals surface area contributed by atoms with Crippen molar-refractivity contribution in [3.8, 4) is 0 Å². The number of ether oxygens (including phenoxy) is 2. The fourth-order valence-corrected chi connectivity index (χ4v) is 8.32. The molecule has 13 nitrogen and oxygen atoms in total. The van der Waals surface area contributed by atoms with Crippen LogP contribution in [0.15, 0.2) is 108 Å². The summed E-state index contributed by atoms with van der Waals surface area (Å²) < 4.78 is 146. The molecule has 59 heavy (non-hydrogen) atoms. The van der Waals surface area contributed by atoms with Crippen LogP contribution in [0.3, 0.4) is 0 Å². The van der Waals surface area contributed by atoms with E-state index in [1.807, 2.05) is 0 Å². The lowest BCUT2D eigenvalue weighted by Crippen LogP contribution is -2.46. The number of morpholine rings is 1. The van der Waals surface area contributed by atoms with Crippen LogP contribution in [0.2, 0.25) is 0 Å². The van der Waals surface area contributed by atoms with Crippen molar-refractivity contribution in [3.63, 3.8) is 0 Å². The van der Waals surface area contributed by atoms with Crippen LogP contribution in [0.5, 0.6) is 0 Å². The minimum atomic E-state index is -5.28. The van der Waals surface area contributed by atoms with E-state index in [0.717, 1.165) is 12.1 Å². The van der Waals surface area contributed by atoms with E-state index in [0.29, 0.717) is 23.3 Å². The maximum atomic E-state index is 14.2. The number of alkyl halides is 6. The van der Waals surface area contributed by atoms with Crippen LogP contribution in [0.25, 0.3) is 0 Å². The molecular formula is C37H35F7N4O9P2. The Morgan fingerprint density at radius 3 is 1.86 bits per heavy atom. The predicted molar refractivity (Wildman–Crippen MR) is 195 cm³/mol. The largest absolute Gasteiger partial charge is 0.457 e. The van der Waals surface area contributed by atoms with Gasteiger partial charge in [-0.25, -0.2) is 18.3 Å². The Morgan fingerprint density at radius 1 is 0.814 bits per heavy atom. The van der Waals surface area contributed by atoms with Gasteiger partial charge < -0.3 is 19.3 Å². The molecule has 1 aromatic heterocycles. The summed E-state index contributed by atoms with van der Waals surface area (Å²) in [6.45, 7) is -0.728. The summed E-state index contributed by atoms with van der Waals surface area (Å²) in [7, 11) is -10.5. The third-order valence-corrected chi connectivity index (χ3v) is 11.6. The summed E-state index contributed by atoms with van der Waals surface area (Å²) in [6, 6.07) is 20.6. The molecule has 1 fully saturated rings. The molecule has 0 spiro atoms. The average Bonchev–Trinajstić information content (AvgIpc) is 3.54. The Morgan fingerprint density at radius 2 is 1.34 bits per heavy atom. The first-order chi connectivity index (χ1) is 27.7. The average molecular weight is 875 g/mol. The van der Waals surface area contributed by atoms with Crippen LogP contribution < -0.4 is 5.69 Å². The fraction of sp³-hybridized carbons (Fsp3) is 0.297. The van der Waals surface area contributed by atoms with E-state index in [1.54, 1.807) is 60.7 Å². The zero-order valence-electron chi connectivity index (χ0n) is 30.7. The minimum Gasteiger partial charge on any atom is -0.349 e. The number of aromatic nitrogens is 3. The standard InChI is InChI=1S/C37H35F7N4O9P2/c1-24(28-18-29(36(39,40)41)20-30(19-28)37(42,43)44)57-34-33(27-12-14-31(38)15-13-27)46(16-17-54-34)21-32-45-48(59(52,53)56-23-26-10-6-3-7-11-26)35(49)47(32)58(50,51)55-22-25-8-4-2-5-9-25/h2-15,18-20,24,33-34H,16-17,21-23H2,1H3,(H,50,51)(H,52,53)/t24-,33+,34-/m1/s1. The number of halogens is 7. The number of hydrogen-bond acceptors (Lipinski definition) is 9. The molecule has 316 valence electrons. The Kier molecular flexibility index (Phi) is 13.2. The van der Waals surface area contributed by atoms with E-state index in [2.05, 4.69) is 5.10 Å². The highest BCUT2D eigenvalue weighted by atomic mass is 31.2. The van der Waals surface area contributed by atoms with Gasteiger partial charge >= 0.3 is 33.5 Å². The van der Waals surface area contributed by atoms with Gasteiger partial charge in [-0.1, -0.05) is 72.8 Å². The Labute approximate surface area is 331 Å². The van der Waals surface area contributed by atoms with Crippen LogP contribution in [-0.4, -0.2) is 48.0 Å². The quantitative estimate of drug-likeness (QED) is 0.0820. The molecule has 1 saturated heterocycles. The summed E-state index contributed by atoms with van der Waals surface area (Å²) in [6.07, 6.45) is -13.3. The van der Waals surface area contributed by atoms with E-state index in [1.165, 1.54) is 24.0 Å². The lowest BCUT2D eigenvalue weighted by Gasteiger charge is -2.41. The van der Waals surface area contributed by atoms with Crippen molar-refractivity contribution in [3.05, 3.63) is 159 Å². The van der Waals surface area contributed by atoms with Gasteiger partial charge in [0.1, 0.15) is 5.82 Å².